The molecule has 2 N–H and O–H groups in total. The molecule has 140 valence electrons. The maximum absolute atomic E-state index is 13.0. The van der Waals surface area contributed by atoms with Gasteiger partial charge in [0.25, 0.3) is 11.8 Å². The van der Waals surface area contributed by atoms with Gasteiger partial charge < -0.3 is 4.90 Å². The number of hydrazine groups is 1. The van der Waals surface area contributed by atoms with E-state index in [4.69, 9.17) is 0 Å². The molecular formula is C19H19FN4O3. The van der Waals surface area contributed by atoms with Crippen LogP contribution >= 0.6 is 0 Å². The number of aromatic nitrogens is 1. The molecule has 1 saturated heterocycles. The molecule has 1 unspecified atom stereocenters. The number of pyridine rings is 1. The monoisotopic (exact) mass is 370 g/mol. The molecule has 1 fully saturated rings. The van der Waals surface area contributed by atoms with E-state index in [1.165, 1.54) is 30.5 Å². The third-order valence-corrected chi connectivity index (χ3v) is 4.39. The van der Waals surface area contributed by atoms with Crippen molar-refractivity contribution in [2.45, 2.75) is 12.8 Å². The minimum atomic E-state index is -0.466. The molecule has 1 aliphatic rings. The van der Waals surface area contributed by atoms with E-state index < -0.39 is 17.6 Å². The van der Waals surface area contributed by atoms with Gasteiger partial charge in [-0.05, 0) is 49.2 Å². The van der Waals surface area contributed by atoms with Gasteiger partial charge in [0.1, 0.15) is 5.82 Å². The Kier molecular flexibility index (Phi) is 5.75. The van der Waals surface area contributed by atoms with E-state index in [0.29, 0.717) is 30.5 Å². The third kappa shape index (κ3) is 4.66. The predicted molar refractivity (Wildman–Crippen MR) is 94.9 cm³/mol. The molecule has 7 nitrogen and oxygen atoms in total. The number of nitrogens with one attached hydrogen (secondary N) is 2. The second-order valence-corrected chi connectivity index (χ2v) is 6.28. The van der Waals surface area contributed by atoms with Crippen LogP contribution in [0.15, 0.2) is 48.8 Å². The van der Waals surface area contributed by atoms with Crippen molar-refractivity contribution in [2.24, 2.45) is 5.92 Å². The van der Waals surface area contributed by atoms with Crippen molar-refractivity contribution in [3.8, 4) is 0 Å². The molecule has 0 aliphatic carbocycles. The maximum Gasteiger partial charge on any atom is 0.271 e. The number of likely N-dealkylation sites (tertiary alicyclic amines) is 1. The molecular weight excluding hydrogens is 351 g/mol. The maximum atomic E-state index is 13.0. The highest BCUT2D eigenvalue weighted by atomic mass is 19.1. The van der Waals surface area contributed by atoms with E-state index in [1.54, 1.807) is 23.2 Å². The summed E-state index contributed by atoms with van der Waals surface area (Å²) < 4.78 is 13.0. The molecule has 0 spiro atoms. The summed E-state index contributed by atoms with van der Waals surface area (Å²) in [7, 11) is 0. The zero-order chi connectivity index (χ0) is 19.2. The van der Waals surface area contributed by atoms with E-state index in [1.807, 2.05) is 0 Å². The highest BCUT2D eigenvalue weighted by molar-refractivity contribution is 5.96. The number of rotatable bonds is 3. The van der Waals surface area contributed by atoms with Gasteiger partial charge in [0.05, 0.1) is 11.5 Å². The van der Waals surface area contributed by atoms with Crippen LogP contribution in [0.1, 0.15) is 33.6 Å². The van der Waals surface area contributed by atoms with Crippen LogP contribution in [0.5, 0.6) is 0 Å². The number of hydrogen-bond donors (Lipinski definition) is 2. The quantitative estimate of drug-likeness (QED) is 0.802. The minimum absolute atomic E-state index is 0.241. The topological polar surface area (TPSA) is 91.4 Å². The van der Waals surface area contributed by atoms with Gasteiger partial charge in [-0.15, -0.1) is 0 Å². The number of carbonyl (C=O) groups excluding carboxylic acids is 3. The van der Waals surface area contributed by atoms with Crippen molar-refractivity contribution < 1.29 is 18.8 Å². The fourth-order valence-electron chi connectivity index (χ4n) is 2.94. The zero-order valence-electron chi connectivity index (χ0n) is 14.5. The predicted octanol–water partition coefficient (Wildman–Crippen LogP) is 1.53. The number of piperidine rings is 1. The molecule has 3 rings (SSSR count). The molecule has 2 aromatic rings. The van der Waals surface area contributed by atoms with Gasteiger partial charge in [-0.3, -0.25) is 30.2 Å². The fourth-order valence-corrected chi connectivity index (χ4v) is 2.94. The lowest BCUT2D eigenvalue weighted by molar-refractivity contribution is -0.127. The van der Waals surface area contributed by atoms with Crippen molar-refractivity contribution in [1.29, 1.82) is 0 Å². The van der Waals surface area contributed by atoms with E-state index >= 15 is 0 Å². The van der Waals surface area contributed by atoms with Crippen molar-refractivity contribution in [2.75, 3.05) is 13.1 Å². The van der Waals surface area contributed by atoms with Crippen LogP contribution in [0.3, 0.4) is 0 Å². The van der Waals surface area contributed by atoms with Gasteiger partial charge in [0, 0.05) is 31.0 Å². The fraction of sp³-hybridized carbons (Fsp3) is 0.263. The molecule has 8 heteroatoms. The number of nitrogens with zero attached hydrogens (tertiary/aromatic N) is 2. The van der Waals surface area contributed by atoms with Crippen LogP contribution in [0, 0.1) is 11.7 Å². The first-order valence-corrected chi connectivity index (χ1v) is 8.59. The van der Waals surface area contributed by atoms with Crippen molar-refractivity contribution in [3.05, 3.63) is 65.7 Å². The first kappa shape index (κ1) is 18.5. The van der Waals surface area contributed by atoms with Gasteiger partial charge in [0.15, 0.2) is 0 Å². The van der Waals surface area contributed by atoms with Crippen molar-refractivity contribution in [1.82, 2.24) is 20.7 Å². The summed E-state index contributed by atoms with van der Waals surface area (Å²) >= 11 is 0. The molecule has 27 heavy (non-hydrogen) atoms. The summed E-state index contributed by atoms with van der Waals surface area (Å²) in [5.74, 6) is -1.91. The van der Waals surface area contributed by atoms with Crippen molar-refractivity contribution >= 4 is 17.7 Å². The Labute approximate surface area is 155 Å². The SMILES string of the molecule is O=C(NNC(=O)C1CCCN(C(=O)c2ccc(F)cc2)C1)c1cccnc1. The Morgan fingerprint density at radius 2 is 1.85 bits per heavy atom. The van der Waals surface area contributed by atoms with Crippen LogP contribution in [0.2, 0.25) is 0 Å². The molecule has 2 heterocycles. The highest BCUT2D eigenvalue weighted by Crippen LogP contribution is 2.19. The number of carbonyl (C=O) groups is 3. The van der Waals surface area contributed by atoms with E-state index in [0.717, 1.165) is 0 Å². The zero-order valence-corrected chi connectivity index (χ0v) is 14.5. The summed E-state index contributed by atoms with van der Waals surface area (Å²) in [5.41, 5.74) is 5.46. The Morgan fingerprint density at radius 3 is 2.56 bits per heavy atom. The lowest BCUT2D eigenvalue weighted by atomic mass is 9.96. The van der Waals surface area contributed by atoms with Crippen LogP contribution in [0.25, 0.3) is 0 Å². The number of halogens is 1. The van der Waals surface area contributed by atoms with Crippen LogP contribution in [-0.4, -0.2) is 40.7 Å². The minimum Gasteiger partial charge on any atom is -0.338 e. The lowest BCUT2D eigenvalue weighted by Crippen LogP contribution is -2.50. The van der Waals surface area contributed by atoms with E-state index in [-0.39, 0.29) is 18.4 Å². The second kappa shape index (κ2) is 8.39. The average Bonchev–Trinajstić information content (AvgIpc) is 2.72. The summed E-state index contributed by atoms with van der Waals surface area (Å²) in [6.07, 6.45) is 4.22. The van der Waals surface area contributed by atoms with Crippen LogP contribution in [-0.2, 0) is 4.79 Å². The summed E-state index contributed by atoms with van der Waals surface area (Å²) in [4.78, 5) is 42.3. The first-order chi connectivity index (χ1) is 13.0. The van der Waals surface area contributed by atoms with E-state index in [2.05, 4.69) is 15.8 Å². The van der Waals surface area contributed by atoms with Gasteiger partial charge in [-0.2, -0.15) is 0 Å². The first-order valence-electron chi connectivity index (χ1n) is 8.59. The molecule has 1 aromatic carbocycles. The van der Waals surface area contributed by atoms with Crippen LogP contribution in [0.4, 0.5) is 4.39 Å². The molecule has 0 bridgehead atoms. The van der Waals surface area contributed by atoms with Gasteiger partial charge in [0.2, 0.25) is 5.91 Å². The molecule has 0 radical (unpaired) electrons. The van der Waals surface area contributed by atoms with Gasteiger partial charge in [-0.1, -0.05) is 0 Å². The Hall–Kier alpha value is -3.29. The molecule has 1 aliphatic heterocycles. The second-order valence-electron chi connectivity index (χ2n) is 6.28. The van der Waals surface area contributed by atoms with E-state index in [9.17, 15) is 18.8 Å². The number of benzene rings is 1. The molecule has 0 saturated carbocycles. The Morgan fingerprint density at radius 1 is 1.07 bits per heavy atom. The normalized spacial score (nSPS) is 16.5. The van der Waals surface area contributed by atoms with Crippen LogP contribution < -0.4 is 10.9 Å². The highest BCUT2D eigenvalue weighted by Gasteiger charge is 2.29. The molecule has 1 atom stereocenters. The summed E-state index contributed by atoms with van der Waals surface area (Å²) in [6.45, 7) is 0.771. The molecule has 1 aromatic heterocycles. The van der Waals surface area contributed by atoms with Crippen molar-refractivity contribution in [3.63, 3.8) is 0 Å². The lowest BCUT2D eigenvalue weighted by Gasteiger charge is -2.32. The number of amides is 3. The third-order valence-electron chi connectivity index (χ3n) is 4.39. The number of hydrogen-bond acceptors (Lipinski definition) is 4. The average molecular weight is 370 g/mol. The standard InChI is InChI=1S/C19H19FN4O3/c20-16-7-5-13(6-8-16)19(27)24-10-2-4-15(12-24)18(26)23-22-17(25)14-3-1-9-21-11-14/h1,3,5-9,11,15H,2,4,10,12H2,(H,22,25)(H,23,26). The Balaban J connectivity index is 1.55. The molecule has 3 amide bonds. The summed E-state index contributed by atoms with van der Waals surface area (Å²) in [6, 6.07) is 8.52. The largest absolute Gasteiger partial charge is 0.338 e. The van der Waals surface area contributed by atoms with Gasteiger partial charge in [-0.25, -0.2) is 4.39 Å². The van der Waals surface area contributed by atoms with Gasteiger partial charge >= 0.3 is 0 Å². The Bertz CT molecular complexity index is 827. The summed E-state index contributed by atoms with van der Waals surface area (Å²) in [5, 5.41) is 0. The smallest absolute Gasteiger partial charge is 0.271 e.